The molecule has 0 spiro atoms. The van der Waals surface area contributed by atoms with Gasteiger partial charge in [0.2, 0.25) is 5.91 Å². The minimum Gasteiger partial charge on any atom is -0.339 e. The molecule has 18 heavy (non-hydrogen) atoms. The maximum absolute atomic E-state index is 12.0. The molecule has 0 radical (unpaired) electrons. The first kappa shape index (κ1) is 13.3. The van der Waals surface area contributed by atoms with E-state index in [0.29, 0.717) is 6.04 Å². The van der Waals surface area contributed by atoms with Crippen LogP contribution in [0.2, 0.25) is 0 Å². The van der Waals surface area contributed by atoms with Gasteiger partial charge in [-0.3, -0.25) is 4.79 Å². The molecule has 1 amide bonds. The highest BCUT2D eigenvalue weighted by Crippen LogP contribution is 2.15. The summed E-state index contributed by atoms with van der Waals surface area (Å²) in [6.07, 6.45) is 5.74. The largest absolute Gasteiger partial charge is 0.339 e. The van der Waals surface area contributed by atoms with Crippen LogP contribution in [0.3, 0.4) is 0 Å². The SMILES string of the molecule is CN1CCC(N(C)C(=O)/C=C/c2cccs2)CC1. The summed E-state index contributed by atoms with van der Waals surface area (Å²) >= 11 is 1.65. The minimum absolute atomic E-state index is 0.109. The van der Waals surface area contributed by atoms with Crippen LogP contribution >= 0.6 is 11.3 Å². The van der Waals surface area contributed by atoms with E-state index in [-0.39, 0.29) is 5.91 Å². The van der Waals surface area contributed by atoms with Gasteiger partial charge in [-0.05, 0) is 50.5 Å². The highest BCUT2D eigenvalue weighted by Gasteiger charge is 2.22. The van der Waals surface area contributed by atoms with Crippen molar-refractivity contribution in [2.24, 2.45) is 0 Å². The van der Waals surface area contributed by atoms with Gasteiger partial charge in [0.1, 0.15) is 0 Å². The summed E-state index contributed by atoms with van der Waals surface area (Å²) in [5.74, 6) is 0.109. The Balaban J connectivity index is 1.88. The fraction of sp³-hybridized carbons (Fsp3) is 0.500. The van der Waals surface area contributed by atoms with Crippen molar-refractivity contribution in [3.8, 4) is 0 Å². The fourth-order valence-electron chi connectivity index (χ4n) is 2.22. The van der Waals surface area contributed by atoms with Crippen LogP contribution in [-0.2, 0) is 4.79 Å². The number of thiophene rings is 1. The summed E-state index contributed by atoms with van der Waals surface area (Å²) in [5.41, 5.74) is 0. The maximum atomic E-state index is 12.0. The Bertz CT molecular complexity index is 405. The molecular weight excluding hydrogens is 244 g/mol. The third-order valence-electron chi connectivity index (χ3n) is 3.52. The molecule has 0 aromatic carbocycles. The molecule has 0 aliphatic carbocycles. The van der Waals surface area contributed by atoms with Crippen LogP contribution in [0.25, 0.3) is 6.08 Å². The molecule has 1 aliphatic rings. The first-order valence-corrected chi connectivity index (χ1v) is 7.21. The van der Waals surface area contributed by atoms with Crippen LogP contribution < -0.4 is 0 Å². The summed E-state index contributed by atoms with van der Waals surface area (Å²) in [6.45, 7) is 2.16. The Labute approximate surface area is 113 Å². The van der Waals surface area contributed by atoms with E-state index in [0.717, 1.165) is 30.8 Å². The quantitative estimate of drug-likeness (QED) is 0.782. The van der Waals surface area contributed by atoms with Crippen molar-refractivity contribution in [1.82, 2.24) is 9.80 Å². The molecule has 0 atom stereocenters. The number of nitrogens with zero attached hydrogens (tertiary/aromatic N) is 2. The molecule has 1 saturated heterocycles. The van der Waals surface area contributed by atoms with E-state index in [1.807, 2.05) is 35.5 Å². The molecule has 0 bridgehead atoms. The van der Waals surface area contributed by atoms with Gasteiger partial charge >= 0.3 is 0 Å². The Morgan fingerprint density at radius 2 is 2.22 bits per heavy atom. The lowest BCUT2D eigenvalue weighted by atomic mass is 10.0. The predicted molar refractivity (Wildman–Crippen MR) is 76.6 cm³/mol. The van der Waals surface area contributed by atoms with Crippen molar-refractivity contribution >= 4 is 23.3 Å². The second-order valence-electron chi connectivity index (χ2n) is 4.83. The van der Waals surface area contributed by atoms with Crippen molar-refractivity contribution in [1.29, 1.82) is 0 Å². The highest BCUT2D eigenvalue weighted by molar-refractivity contribution is 7.10. The maximum Gasteiger partial charge on any atom is 0.246 e. The third-order valence-corrected chi connectivity index (χ3v) is 4.35. The molecule has 98 valence electrons. The zero-order valence-corrected chi connectivity index (χ0v) is 11.8. The van der Waals surface area contributed by atoms with Crippen molar-refractivity contribution in [2.75, 3.05) is 27.2 Å². The molecule has 1 aromatic heterocycles. The standard InChI is InChI=1S/C14H20N2OS/c1-15-9-7-12(8-10-15)16(2)14(17)6-5-13-4-3-11-18-13/h3-6,11-12H,7-10H2,1-2H3/b6-5+. The lowest BCUT2D eigenvalue weighted by molar-refractivity contribution is -0.127. The number of likely N-dealkylation sites (N-methyl/N-ethyl adjacent to an activating group) is 1. The van der Waals surface area contributed by atoms with E-state index in [1.165, 1.54) is 0 Å². The van der Waals surface area contributed by atoms with Gasteiger partial charge in [0.05, 0.1) is 0 Å². The van der Waals surface area contributed by atoms with Crippen LogP contribution in [0.4, 0.5) is 0 Å². The molecule has 2 heterocycles. The molecular formula is C14H20N2OS. The van der Waals surface area contributed by atoms with Gasteiger partial charge < -0.3 is 9.80 Å². The normalized spacial score (nSPS) is 18.3. The second kappa shape index (κ2) is 6.16. The van der Waals surface area contributed by atoms with Crippen LogP contribution in [0.15, 0.2) is 23.6 Å². The number of hydrogen-bond acceptors (Lipinski definition) is 3. The van der Waals surface area contributed by atoms with Crippen LogP contribution in [-0.4, -0.2) is 48.9 Å². The molecule has 1 fully saturated rings. The van der Waals surface area contributed by atoms with Crippen molar-refractivity contribution in [3.05, 3.63) is 28.5 Å². The molecule has 0 N–H and O–H groups in total. The molecule has 4 heteroatoms. The summed E-state index contributed by atoms with van der Waals surface area (Å²) < 4.78 is 0. The van der Waals surface area contributed by atoms with Gasteiger partial charge in [0.15, 0.2) is 0 Å². The van der Waals surface area contributed by atoms with Crippen LogP contribution in [0.1, 0.15) is 17.7 Å². The molecule has 0 unspecified atom stereocenters. The van der Waals surface area contributed by atoms with Gasteiger partial charge in [-0.1, -0.05) is 6.07 Å². The number of carbonyl (C=O) groups is 1. The van der Waals surface area contributed by atoms with Crippen LogP contribution in [0.5, 0.6) is 0 Å². The van der Waals surface area contributed by atoms with E-state index in [1.54, 1.807) is 17.4 Å². The number of hydrogen-bond donors (Lipinski definition) is 0. The van der Waals surface area contributed by atoms with Crippen LogP contribution in [0, 0.1) is 0 Å². The summed E-state index contributed by atoms with van der Waals surface area (Å²) in [7, 11) is 4.05. The monoisotopic (exact) mass is 264 g/mol. The predicted octanol–water partition coefficient (Wildman–Crippen LogP) is 2.31. The number of likely N-dealkylation sites (tertiary alicyclic amines) is 1. The number of rotatable bonds is 3. The minimum atomic E-state index is 0.109. The topological polar surface area (TPSA) is 23.6 Å². The molecule has 3 nitrogen and oxygen atoms in total. The van der Waals surface area contributed by atoms with Gasteiger partial charge in [-0.25, -0.2) is 0 Å². The first-order valence-electron chi connectivity index (χ1n) is 6.34. The smallest absolute Gasteiger partial charge is 0.246 e. The van der Waals surface area contributed by atoms with Crippen molar-refractivity contribution < 1.29 is 4.79 Å². The van der Waals surface area contributed by atoms with Gasteiger partial charge in [-0.15, -0.1) is 11.3 Å². The lowest BCUT2D eigenvalue weighted by Gasteiger charge is -2.34. The summed E-state index contributed by atoms with van der Waals surface area (Å²) in [5, 5.41) is 2.02. The van der Waals surface area contributed by atoms with E-state index in [2.05, 4.69) is 11.9 Å². The Hall–Kier alpha value is -1.13. The zero-order valence-electron chi connectivity index (χ0n) is 11.0. The van der Waals surface area contributed by atoms with E-state index < -0.39 is 0 Å². The molecule has 1 aliphatic heterocycles. The lowest BCUT2D eigenvalue weighted by Crippen LogP contribution is -2.43. The summed E-state index contributed by atoms with van der Waals surface area (Å²) in [4.78, 5) is 17.4. The first-order chi connectivity index (χ1) is 8.66. The zero-order chi connectivity index (χ0) is 13.0. The fourth-order valence-corrected chi connectivity index (χ4v) is 2.84. The van der Waals surface area contributed by atoms with Crippen molar-refractivity contribution in [2.45, 2.75) is 18.9 Å². The number of piperidine rings is 1. The average molecular weight is 264 g/mol. The van der Waals surface area contributed by atoms with Gasteiger partial charge in [-0.2, -0.15) is 0 Å². The Kier molecular flexibility index (Phi) is 4.55. The molecule has 1 aromatic rings. The highest BCUT2D eigenvalue weighted by atomic mass is 32.1. The average Bonchev–Trinajstić information content (AvgIpc) is 2.89. The Morgan fingerprint density at radius 1 is 1.50 bits per heavy atom. The van der Waals surface area contributed by atoms with E-state index in [9.17, 15) is 4.79 Å². The molecule has 0 saturated carbocycles. The number of carbonyl (C=O) groups excluding carboxylic acids is 1. The Morgan fingerprint density at radius 3 is 2.83 bits per heavy atom. The third kappa shape index (κ3) is 3.43. The molecule has 2 rings (SSSR count). The van der Waals surface area contributed by atoms with Crippen molar-refractivity contribution in [3.63, 3.8) is 0 Å². The summed E-state index contributed by atoms with van der Waals surface area (Å²) in [6, 6.07) is 4.40. The van der Waals surface area contributed by atoms with Gasteiger partial charge in [0, 0.05) is 24.0 Å². The second-order valence-corrected chi connectivity index (χ2v) is 5.81. The van der Waals surface area contributed by atoms with E-state index in [4.69, 9.17) is 0 Å². The number of amides is 1. The van der Waals surface area contributed by atoms with Gasteiger partial charge in [0.25, 0.3) is 0 Å². The van der Waals surface area contributed by atoms with E-state index >= 15 is 0 Å².